The topological polar surface area (TPSA) is 171 Å². The zero-order valence-corrected chi connectivity index (χ0v) is 22.7. The number of allylic oxidation sites excluding steroid dienone is 2. The van der Waals surface area contributed by atoms with Crippen molar-refractivity contribution in [2.45, 2.75) is 59.2 Å². The van der Waals surface area contributed by atoms with Crippen LogP contribution in [0.3, 0.4) is 0 Å². The first kappa shape index (κ1) is 33.5. The van der Waals surface area contributed by atoms with Crippen molar-refractivity contribution >= 4 is 23.9 Å². The lowest BCUT2D eigenvalue weighted by Crippen LogP contribution is -2.55. The molecule has 1 heterocycles. The molecule has 220 valence electrons. The minimum absolute atomic E-state index is 0.0771. The maximum absolute atomic E-state index is 12.9. The second-order valence-corrected chi connectivity index (χ2v) is 8.04. The molecule has 0 aliphatic carbocycles. The van der Waals surface area contributed by atoms with Crippen LogP contribution in [0.2, 0.25) is 0 Å². The van der Waals surface area contributed by atoms with Crippen LogP contribution in [0.4, 0.5) is 0 Å². The normalized spacial score (nSPS) is 10.9. The maximum Gasteiger partial charge on any atom is 0.336 e. The number of hydrogen-bond acceptors (Lipinski definition) is 11. The third-order valence-electron chi connectivity index (χ3n) is 5.12. The average molecular weight is 566 g/mol. The van der Waals surface area contributed by atoms with Crippen LogP contribution in [0.1, 0.15) is 39.5 Å². The molecule has 0 radical (unpaired) electrons. The van der Waals surface area contributed by atoms with E-state index in [1.165, 1.54) is 12.2 Å². The Labute approximate surface area is 230 Å². The fourth-order valence-electron chi connectivity index (χ4n) is 3.20. The van der Waals surface area contributed by atoms with Crippen molar-refractivity contribution in [1.82, 2.24) is 13.7 Å². The van der Waals surface area contributed by atoms with E-state index in [2.05, 4.69) is 6.58 Å². The quantitative estimate of drug-likeness (QED) is 0.103. The van der Waals surface area contributed by atoms with Crippen LogP contribution in [0.25, 0.3) is 0 Å². The Kier molecular flexibility index (Phi) is 15.7. The minimum Gasteiger partial charge on any atom is -0.464 e. The van der Waals surface area contributed by atoms with Crippen LogP contribution in [0, 0.1) is 0 Å². The summed E-state index contributed by atoms with van der Waals surface area (Å²) in [6.45, 7) is 4.72. The molecule has 0 spiro atoms. The average Bonchev–Trinajstić information content (AvgIpc) is 2.92. The second kappa shape index (κ2) is 18.7. The molecule has 0 unspecified atom stereocenters. The molecule has 0 atom stereocenters. The lowest BCUT2D eigenvalue weighted by Gasteiger charge is -2.14. The molecule has 1 rings (SSSR count). The summed E-state index contributed by atoms with van der Waals surface area (Å²) < 4.78 is 21.9. The highest BCUT2D eigenvalue weighted by molar-refractivity contribution is 5.82. The van der Waals surface area contributed by atoms with Crippen molar-refractivity contribution in [2.24, 2.45) is 0 Å². The predicted octanol–water partition coefficient (Wildman–Crippen LogP) is 0.243. The van der Waals surface area contributed by atoms with E-state index in [-0.39, 0.29) is 52.5 Å². The number of unbranched alkanes of at least 4 members (excludes halogenated alkanes) is 2. The minimum atomic E-state index is -0.990. The Morgan fingerprint density at radius 1 is 0.625 bits per heavy atom. The Balaban J connectivity index is 2.84. The first-order valence-electron chi connectivity index (χ1n) is 12.6. The first-order chi connectivity index (χ1) is 19.2. The van der Waals surface area contributed by atoms with Crippen LogP contribution in [-0.4, -0.2) is 64.0 Å². The Morgan fingerprint density at radius 2 is 1.05 bits per heavy atom. The van der Waals surface area contributed by atoms with Crippen molar-refractivity contribution in [3.05, 3.63) is 68.4 Å². The van der Waals surface area contributed by atoms with Crippen LogP contribution >= 0.6 is 0 Å². The van der Waals surface area contributed by atoms with Crippen molar-refractivity contribution in [3.8, 4) is 0 Å². The van der Waals surface area contributed by atoms with Gasteiger partial charge in [0, 0.05) is 24.6 Å². The van der Waals surface area contributed by atoms with Gasteiger partial charge in [-0.15, -0.1) is 0 Å². The number of carbonyl (C=O) groups is 4. The highest BCUT2D eigenvalue weighted by Gasteiger charge is 2.17. The van der Waals surface area contributed by atoms with Gasteiger partial charge in [0.15, 0.2) is 0 Å². The molecule has 0 aromatic carbocycles. The molecule has 0 fully saturated rings. The lowest BCUT2D eigenvalue weighted by atomic mass is 10.2. The summed E-state index contributed by atoms with van der Waals surface area (Å²) in [5, 5.41) is 0. The third-order valence-corrected chi connectivity index (χ3v) is 5.12. The van der Waals surface area contributed by atoms with Gasteiger partial charge in [-0.05, 0) is 33.1 Å². The number of rotatable bonds is 18. The van der Waals surface area contributed by atoms with E-state index in [9.17, 15) is 33.6 Å². The van der Waals surface area contributed by atoms with Gasteiger partial charge in [-0.25, -0.2) is 42.5 Å². The summed E-state index contributed by atoms with van der Waals surface area (Å²) in [6.07, 6.45) is 8.14. The standard InChI is InChI=1S/C26H35N3O11/c1-4-10-21(31)37-16-9-7-8-12-23(33)40-19-15-29-25(35)27(13-17-38-20(30)6-3)24(34)28(26(29)36)14-18-39-22(32)11-5-2/h4-6,10-11H,3,7-9,12-19H2,1-2H3/b10-4+,11-5+. The molecule has 0 N–H and O–H groups in total. The van der Waals surface area contributed by atoms with E-state index in [0.717, 1.165) is 12.2 Å². The third kappa shape index (κ3) is 11.9. The Morgan fingerprint density at radius 3 is 1.50 bits per heavy atom. The summed E-state index contributed by atoms with van der Waals surface area (Å²) in [5.41, 5.74) is -2.97. The molecular weight excluding hydrogens is 530 g/mol. The molecule has 14 nitrogen and oxygen atoms in total. The van der Waals surface area contributed by atoms with E-state index < -0.39 is 40.9 Å². The molecule has 1 aromatic heterocycles. The zero-order chi connectivity index (χ0) is 29.9. The number of ether oxygens (including phenoxy) is 4. The number of carbonyl (C=O) groups excluding carboxylic acids is 4. The highest BCUT2D eigenvalue weighted by Crippen LogP contribution is 2.02. The summed E-state index contributed by atoms with van der Waals surface area (Å²) >= 11 is 0. The van der Waals surface area contributed by atoms with Crippen LogP contribution in [-0.2, 0) is 57.8 Å². The van der Waals surface area contributed by atoms with Gasteiger partial charge in [-0.2, -0.15) is 0 Å². The van der Waals surface area contributed by atoms with Crippen LogP contribution in [0.5, 0.6) is 0 Å². The van der Waals surface area contributed by atoms with Gasteiger partial charge in [-0.1, -0.05) is 18.7 Å². The monoisotopic (exact) mass is 565 g/mol. The van der Waals surface area contributed by atoms with Gasteiger partial charge in [0.05, 0.1) is 26.2 Å². The Hall–Kier alpha value is -4.49. The highest BCUT2D eigenvalue weighted by atomic mass is 16.5. The van der Waals surface area contributed by atoms with E-state index in [0.29, 0.717) is 33.0 Å². The molecule has 14 heteroatoms. The van der Waals surface area contributed by atoms with E-state index in [4.69, 9.17) is 18.9 Å². The fraction of sp³-hybridized carbons (Fsp3) is 0.500. The van der Waals surface area contributed by atoms with Crippen molar-refractivity contribution in [3.63, 3.8) is 0 Å². The molecule has 0 amide bonds. The first-order valence-corrected chi connectivity index (χ1v) is 12.6. The smallest absolute Gasteiger partial charge is 0.336 e. The van der Waals surface area contributed by atoms with E-state index in [1.54, 1.807) is 19.9 Å². The summed E-state index contributed by atoms with van der Waals surface area (Å²) in [5.74, 6) is -2.43. The second-order valence-electron chi connectivity index (χ2n) is 8.04. The van der Waals surface area contributed by atoms with Gasteiger partial charge in [0.2, 0.25) is 0 Å². The Bertz CT molecular complexity index is 1270. The molecule has 0 aliphatic heterocycles. The molecule has 0 saturated carbocycles. The van der Waals surface area contributed by atoms with Gasteiger partial charge < -0.3 is 18.9 Å². The van der Waals surface area contributed by atoms with Crippen molar-refractivity contribution in [2.75, 3.05) is 26.4 Å². The van der Waals surface area contributed by atoms with E-state index in [1.807, 2.05) is 0 Å². The SMILES string of the molecule is C=CC(=O)OCCn1c(=O)n(CCOC(=O)/C=C/C)c(=O)n(CCOC(=O)CCCCCOC(=O)/C=C/C)c1=O. The van der Waals surface area contributed by atoms with Crippen molar-refractivity contribution in [1.29, 1.82) is 0 Å². The number of hydrogen-bond donors (Lipinski definition) is 0. The van der Waals surface area contributed by atoms with Gasteiger partial charge >= 0.3 is 40.9 Å². The van der Waals surface area contributed by atoms with Gasteiger partial charge in [-0.3, -0.25) is 4.79 Å². The predicted molar refractivity (Wildman–Crippen MR) is 141 cm³/mol. The molecule has 0 bridgehead atoms. The summed E-state index contributed by atoms with van der Waals surface area (Å²) in [4.78, 5) is 84.8. The molecule has 40 heavy (non-hydrogen) atoms. The van der Waals surface area contributed by atoms with Crippen molar-refractivity contribution < 1.29 is 38.1 Å². The van der Waals surface area contributed by atoms with Crippen LogP contribution < -0.4 is 17.1 Å². The molecular formula is C26H35N3O11. The number of nitrogens with zero attached hydrogens (tertiary/aromatic N) is 3. The fourth-order valence-corrected chi connectivity index (χ4v) is 3.20. The van der Waals surface area contributed by atoms with Crippen LogP contribution in [0.15, 0.2) is 51.3 Å². The van der Waals surface area contributed by atoms with Gasteiger partial charge in [0.25, 0.3) is 0 Å². The van der Waals surface area contributed by atoms with Gasteiger partial charge in [0.1, 0.15) is 19.8 Å². The summed E-state index contributed by atoms with van der Waals surface area (Å²) in [6, 6.07) is 0. The zero-order valence-electron chi connectivity index (χ0n) is 22.7. The maximum atomic E-state index is 12.9. The van der Waals surface area contributed by atoms with E-state index >= 15 is 0 Å². The summed E-state index contributed by atoms with van der Waals surface area (Å²) in [7, 11) is 0. The number of esters is 4. The molecule has 0 saturated heterocycles. The molecule has 0 aliphatic rings. The lowest BCUT2D eigenvalue weighted by molar-refractivity contribution is -0.144. The number of aromatic nitrogens is 3. The molecule has 1 aromatic rings. The largest absolute Gasteiger partial charge is 0.464 e.